The van der Waals surface area contributed by atoms with E-state index in [9.17, 15) is 5.11 Å². The molecule has 106 valence electrons. The Morgan fingerprint density at radius 1 is 1.47 bits per heavy atom. The van der Waals surface area contributed by atoms with Gasteiger partial charge in [0.25, 0.3) is 0 Å². The molecule has 2 N–H and O–H groups in total. The fourth-order valence-corrected chi connectivity index (χ4v) is 2.55. The Bertz CT molecular complexity index is 405. The van der Waals surface area contributed by atoms with Crippen LogP contribution in [0.1, 0.15) is 18.4 Å². The van der Waals surface area contributed by atoms with Gasteiger partial charge in [0.1, 0.15) is 5.82 Å². The van der Waals surface area contributed by atoms with E-state index < -0.39 is 5.60 Å². The van der Waals surface area contributed by atoms with Crippen LogP contribution >= 0.6 is 0 Å². The number of hydrogen-bond acceptors (Lipinski definition) is 5. The summed E-state index contributed by atoms with van der Waals surface area (Å²) in [5.74, 6) is 0.897. The monoisotopic (exact) mass is 265 g/mol. The lowest BCUT2D eigenvalue weighted by Gasteiger charge is -2.35. The van der Waals surface area contributed by atoms with Crippen molar-refractivity contribution in [1.82, 2.24) is 9.88 Å². The van der Waals surface area contributed by atoms with Crippen LogP contribution < -0.4 is 5.32 Å². The van der Waals surface area contributed by atoms with Crippen molar-refractivity contribution in [3.05, 3.63) is 23.9 Å². The first-order valence-corrected chi connectivity index (χ1v) is 6.73. The van der Waals surface area contributed by atoms with Crippen LogP contribution in [0.3, 0.4) is 0 Å². The minimum Gasteiger partial charge on any atom is -0.388 e. The molecule has 19 heavy (non-hydrogen) atoms. The number of nitrogens with one attached hydrogen (secondary N) is 1. The Morgan fingerprint density at radius 3 is 2.89 bits per heavy atom. The van der Waals surface area contributed by atoms with E-state index in [1.165, 1.54) is 0 Å². The van der Waals surface area contributed by atoms with Gasteiger partial charge in [-0.15, -0.1) is 0 Å². The molecule has 5 heteroatoms. The third-order valence-corrected chi connectivity index (χ3v) is 3.56. The Balaban J connectivity index is 1.95. The molecule has 5 nitrogen and oxygen atoms in total. The lowest BCUT2D eigenvalue weighted by atomic mass is 9.94. The van der Waals surface area contributed by atoms with Gasteiger partial charge in [-0.25, -0.2) is 4.98 Å². The molecule has 0 atom stereocenters. The van der Waals surface area contributed by atoms with Crippen LogP contribution in [0.5, 0.6) is 0 Å². The largest absolute Gasteiger partial charge is 0.388 e. The van der Waals surface area contributed by atoms with Gasteiger partial charge in [0.2, 0.25) is 0 Å². The SMILES string of the molecule is CNc1ncccc1CN(C)CC1(O)CCOCC1. The average Bonchev–Trinajstić information content (AvgIpc) is 2.39. The lowest BCUT2D eigenvalue weighted by molar-refractivity contribution is -0.0777. The van der Waals surface area contributed by atoms with E-state index in [1.807, 2.05) is 20.2 Å². The molecule has 0 spiro atoms. The molecule has 0 bridgehead atoms. The molecule has 2 heterocycles. The molecular formula is C14H23N3O2. The minimum absolute atomic E-state index is 0.616. The number of aliphatic hydroxyl groups is 1. The molecule has 1 saturated heterocycles. The third-order valence-electron chi connectivity index (χ3n) is 3.56. The first-order chi connectivity index (χ1) is 9.13. The van der Waals surface area contributed by atoms with Gasteiger partial charge < -0.3 is 15.2 Å². The number of ether oxygens (including phenoxy) is 1. The number of nitrogens with zero attached hydrogens (tertiary/aromatic N) is 2. The maximum atomic E-state index is 10.5. The van der Waals surface area contributed by atoms with Crippen molar-refractivity contribution in [2.75, 3.05) is 39.2 Å². The van der Waals surface area contributed by atoms with Crippen LogP contribution in [0.25, 0.3) is 0 Å². The molecule has 0 aliphatic carbocycles. The number of rotatable bonds is 5. The maximum Gasteiger partial charge on any atom is 0.130 e. The third kappa shape index (κ3) is 3.89. The molecule has 1 aromatic heterocycles. The molecule has 1 aromatic rings. The van der Waals surface area contributed by atoms with Gasteiger partial charge in [0.15, 0.2) is 0 Å². The standard InChI is InChI=1S/C14H23N3O2/c1-15-13-12(4-3-7-16-13)10-17(2)11-14(18)5-8-19-9-6-14/h3-4,7,18H,5-6,8-11H2,1-2H3,(H,15,16). The summed E-state index contributed by atoms with van der Waals surface area (Å²) in [5, 5.41) is 13.6. The molecule has 0 unspecified atom stereocenters. The van der Waals surface area contributed by atoms with Gasteiger partial charge in [-0.3, -0.25) is 4.90 Å². The highest BCUT2D eigenvalue weighted by Crippen LogP contribution is 2.22. The van der Waals surface area contributed by atoms with Crippen molar-refractivity contribution in [2.45, 2.75) is 25.0 Å². The fraction of sp³-hybridized carbons (Fsp3) is 0.643. The molecule has 2 rings (SSSR count). The first-order valence-electron chi connectivity index (χ1n) is 6.73. The van der Waals surface area contributed by atoms with Gasteiger partial charge in [-0.2, -0.15) is 0 Å². The zero-order chi connectivity index (χ0) is 13.7. The second-order valence-corrected chi connectivity index (χ2v) is 5.27. The van der Waals surface area contributed by atoms with Gasteiger partial charge in [-0.1, -0.05) is 6.07 Å². The maximum absolute atomic E-state index is 10.5. The minimum atomic E-state index is -0.616. The van der Waals surface area contributed by atoms with Crippen molar-refractivity contribution in [3.63, 3.8) is 0 Å². The Morgan fingerprint density at radius 2 is 2.21 bits per heavy atom. The average molecular weight is 265 g/mol. The van der Waals surface area contributed by atoms with Crippen LogP contribution in [0, 0.1) is 0 Å². The van der Waals surface area contributed by atoms with Crippen LogP contribution in [0.2, 0.25) is 0 Å². The van der Waals surface area contributed by atoms with E-state index in [0.717, 1.165) is 17.9 Å². The molecule has 0 amide bonds. The highest BCUT2D eigenvalue weighted by molar-refractivity contribution is 5.42. The van der Waals surface area contributed by atoms with Crippen LogP contribution in [0.15, 0.2) is 18.3 Å². The highest BCUT2D eigenvalue weighted by atomic mass is 16.5. The number of hydrogen-bond donors (Lipinski definition) is 2. The molecule has 0 aromatic carbocycles. The second kappa shape index (κ2) is 6.32. The van der Waals surface area contributed by atoms with E-state index in [0.29, 0.717) is 32.6 Å². The molecule has 0 radical (unpaired) electrons. The number of pyridine rings is 1. The Labute approximate surface area is 114 Å². The van der Waals surface area contributed by atoms with Crippen molar-refractivity contribution in [1.29, 1.82) is 0 Å². The topological polar surface area (TPSA) is 57.6 Å². The Hall–Kier alpha value is -1.17. The number of anilines is 1. The lowest BCUT2D eigenvalue weighted by Crippen LogP contribution is -2.45. The quantitative estimate of drug-likeness (QED) is 0.835. The summed E-state index contributed by atoms with van der Waals surface area (Å²) >= 11 is 0. The van der Waals surface area contributed by atoms with Crippen LogP contribution in [-0.2, 0) is 11.3 Å². The summed E-state index contributed by atoms with van der Waals surface area (Å²) in [7, 11) is 3.90. The molecule has 1 aliphatic rings. The summed E-state index contributed by atoms with van der Waals surface area (Å²) in [4.78, 5) is 6.44. The zero-order valence-electron chi connectivity index (χ0n) is 11.7. The van der Waals surface area contributed by atoms with E-state index in [1.54, 1.807) is 6.20 Å². The highest BCUT2D eigenvalue weighted by Gasteiger charge is 2.31. The van der Waals surface area contributed by atoms with Crippen molar-refractivity contribution in [3.8, 4) is 0 Å². The Kier molecular flexibility index (Phi) is 4.74. The summed E-state index contributed by atoms with van der Waals surface area (Å²) in [6, 6.07) is 4.00. The van der Waals surface area contributed by atoms with Crippen molar-refractivity contribution in [2.24, 2.45) is 0 Å². The van der Waals surface area contributed by atoms with Gasteiger partial charge >= 0.3 is 0 Å². The van der Waals surface area contributed by atoms with E-state index in [-0.39, 0.29) is 0 Å². The van der Waals surface area contributed by atoms with Gasteiger partial charge in [0, 0.05) is 58.0 Å². The smallest absolute Gasteiger partial charge is 0.130 e. The van der Waals surface area contributed by atoms with Crippen LogP contribution in [0.4, 0.5) is 5.82 Å². The zero-order valence-corrected chi connectivity index (χ0v) is 11.7. The van der Waals surface area contributed by atoms with E-state index >= 15 is 0 Å². The summed E-state index contributed by atoms with van der Waals surface area (Å²) in [6.45, 7) is 2.74. The molecule has 1 aliphatic heterocycles. The molecule has 0 saturated carbocycles. The number of aromatic nitrogens is 1. The summed E-state index contributed by atoms with van der Waals surface area (Å²) in [5.41, 5.74) is 0.526. The second-order valence-electron chi connectivity index (χ2n) is 5.27. The predicted molar refractivity (Wildman–Crippen MR) is 75.1 cm³/mol. The molecular weight excluding hydrogens is 242 g/mol. The van der Waals surface area contributed by atoms with Crippen LogP contribution in [-0.4, -0.2) is 54.4 Å². The summed E-state index contributed by atoms with van der Waals surface area (Å²) in [6.07, 6.45) is 3.20. The fourth-order valence-electron chi connectivity index (χ4n) is 2.55. The van der Waals surface area contributed by atoms with E-state index in [4.69, 9.17) is 4.74 Å². The number of likely N-dealkylation sites (N-methyl/N-ethyl adjacent to an activating group) is 1. The van der Waals surface area contributed by atoms with Gasteiger partial charge in [0.05, 0.1) is 5.60 Å². The summed E-state index contributed by atoms with van der Waals surface area (Å²) < 4.78 is 5.30. The van der Waals surface area contributed by atoms with Crippen molar-refractivity contribution >= 4 is 5.82 Å². The predicted octanol–water partition coefficient (Wildman–Crippen LogP) is 1.10. The molecule has 1 fully saturated rings. The van der Waals surface area contributed by atoms with Crippen molar-refractivity contribution < 1.29 is 9.84 Å². The first kappa shape index (κ1) is 14.2. The van der Waals surface area contributed by atoms with E-state index in [2.05, 4.69) is 21.3 Å². The normalized spacial score (nSPS) is 18.5. The van der Waals surface area contributed by atoms with Gasteiger partial charge in [-0.05, 0) is 13.1 Å².